The molecule has 1 N–H and O–H groups in total. The largest absolute Gasteiger partial charge is 0.367 e. The number of para-hydroxylation sites is 2. The van der Waals surface area contributed by atoms with Crippen molar-refractivity contribution in [3.63, 3.8) is 0 Å². The number of halogens is 1. The summed E-state index contributed by atoms with van der Waals surface area (Å²) < 4.78 is 2.31. The van der Waals surface area contributed by atoms with Crippen LogP contribution >= 0.6 is 15.9 Å². The molecule has 0 radical (unpaired) electrons. The second kappa shape index (κ2) is 8.97. The van der Waals surface area contributed by atoms with E-state index in [0.29, 0.717) is 10.9 Å². The van der Waals surface area contributed by atoms with Crippen molar-refractivity contribution >= 4 is 44.1 Å². The molecule has 8 heteroatoms. The number of piperazine rings is 1. The van der Waals surface area contributed by atoms with Crippen molar-refractivity contribution in [3.05, 3.63) is 63.6 Å². The Kier molecular flexibility index (Phi) is 6.15. The number of fused-ring (bicyclic) bond motifs is 1. The van der Waals surface area contributed by atoms with Gasteiger partial charge in [0.05, 0.1) is 28.6 Å². The van der Waals surface area contributed by atoms with Crippen LogP contribution in [0, 0.1) is 0 Å². The molecule has 1 aromatic heterocycles. The van der Waals surface area contributed by atoms with Crippen molar-refractivity contribution in [2.24, 2.45) is 0 Å². The van der Waals surface area contributed by atoms with Gasteiger partial charge in [-0.25, -0.2) is 4.98 Å². The Labute approximate surface area is 183 Å². The molecule has 1 saturated heterocycles. The average Bonchev–Trinajstić information content (AvgIpc) is 2.75. The number of nitrogens with zero attached hydrogens (tertiary/aromatic N) is 4. The third-order valence-corrected chi connectivity index (χ3v) is 5.88. The van der Waals surface area contributed by atoms with E-state index in [9.17, 15) is 9.59 Å². The highest BCUT2D eigenvalue weighted by Gasteiger charge is 2.17. The summed E-state index contributed by atoms with van der Waals surface area (Å²) >= 11 is 3.39. The summed E-state index contributed by atoms with van der Waals surface area (Å²) in [6, 6.07) is 13.3. The Morgan fingerprint density at radius 2 is 1.90 bits per heavy atom. The van der Waals surface area contributed by atoms with E-state index in [-0.39, 0.29) is 24.4 Å². The fraction of sp³-hybridized carbons (Fsp3) is 0.318. The summed E-state index contributed by atoms with van der Waals surface area (Å²) in [5, 5.41) is 3.55. The molecule has 0 bridgehead atoms. The van der Waals surface area contributed by atoms with E-state index in [4.69, 9.17) is 0 Å². The summed E-state index contributed by atoms with van der Waals surface area (Å²) in [6.45, 7) is 4.12. The lowest BCUT2D eigenvalue weighted by Gasteiger charge is -2.35. The lowest BCUT2D eigenvalue weighted by Crippen LogP contribution is -2.44. The third-order valence-electron chi connectivity index (χ3n) is 5.39. The molecule has 7 nitrogen and oxygen atoms in total. The maximum atomic E-state index is 12.7. The SMILES string of the molecule is CN1CCN(c2ccccc2NC(=O)CCn2cnc3ccc(Br)cc3c2=O)CC1. The normalized spacial score (nSPS) is 14.8. The molecule has 3 aromatic rings. The third kappa shape index (κ3) is 4.55. The van der Waals surface area contributed by atoms with Gasteiger partial charge in [-0.05, 0) is 37.4 Å². The predicted octanol–water partition coefficient (Wildman–Crippen LogP) is 2.94. The van der Waals surface area contributed by atoms with Gasteiger partial charge in [-0.1, -0.05) is 28.1 Å². The monoisotopic (exact) mass is 469 g/mol. The van der Waals surface area contributed by atoms with E-state index in [1.807, 2.05) is 30.3 Å². The number of nitrogens with one attached hydrogen (secondary N) is 1. The summed E-state index contributed by atoms with van der Waals surface area (Å²) in [5.74, 6) is -0.127. The first-order chi connectivity index (χ1) is 14.5. The molecule has 1 amide bonds. The van der Waals surface area contributed by atoms with Crippen molar-refractivity contribution in [2.45, 2.75) is 13.0 Å². The predicted molar refractivity (Wildman–Crippen MR) is 123 cm³/mol. The zero-order valence-corrected chi connectivity index (χ0v) is 18.4. The zero-order valence-electron chi connectivity index (χ0n) is 16.8. The molecule has 156 valence electrons. The van der Waals surface area contributed by atoms with E-state index in [2.05, 4.69) is 43.1 Å². The molecular formula is C22H24BrN5O2. The first-order valence-electron chi connectivity index (χ1n) is 9.98. The summed E-state index contributed by atoms with van der Waals surface area (Å²) in [5.41, 5.74) is 2.34. The van der Waals surface area contributed by atoms with Gasteiger partial charge in [-0.2, -0.15) is 0 Å². The second-order valence-electron chi connectivity index (χ2n) is 7.51. The fourth-order valence-corrected chi connectivity index (χ4v) is 3.99. The van der Waals surface area contributed by atoms with E-state index >= 15 is 0 Å². The Balaban J connectivity index is 1.44. The number of rotatable bonds is 5. The van der Waals surface area contributed by atoms with Gasteiger partial charge in [0.15, 0.2) is 0 Å². The minimum absolute atomic E-state index is 0.127. The van der Waals surface area contributed by atoms with Crippen LogP contribution in [0.1, 0.15) is 6.42 Å². The molecule has 0 aliphatic carbocycles. The van der Waals surface area contributed by atoms with Crippen LogP contribution in [0.3, 0.4) is 0 Å². The number of hydrogen-bond acceptors (Lipinski definition) is 5. The summed E-state index contributed by atoms with van der Waals surface area (Å²) in [4.78, 5) is 34.2. The zero-order chi connectivity index (χ0) is 21.1. The molecule has 0 atom stereocenters. The molecule has 0 saturated carbocycles. The summed E-state index contributed by atoms with van der Waals surface area (Å²) in [7, 11) is 2.12. The van der Waals surface area contributed by atoms with Crippen molar-refractivity contribution < 1.29 is 4.79 Å². The minimum Gasteiger partial charge on any atom is -0.367 e. The molecule has 0 unspecified atom stereocenters. The van der Waals surface area contributed by atoms with Gasteiger partial charge in [0.25, 0.3) is 5.56 Å². The van der Waals surface area contributed by atoms with E-state index in [1.54, 1.807) is 12.1 Å². The minimum atomic E-state index is -0.146. The van der Waals surface area contributed by atoms with E-state index in [0.717, 1.165) is 42.0 Å². The van der Waals surface area contributed by atoms with Crippen LogP contribution in [0.15, 0.2) is 58.1 Å². The molecule has 1 aliphatic heterocycles. The van der Waals surface area contributed by atoms with Crippen LogP contribution in [0.5, 0.6) is 0 Å². The van der Waals surface area contributed by atoms with Crippen LogP contribution in [0.2, 0.25) is 0 Å². The molecule has 2 heterocycles. The van der Waals surface area contributed by atoms with Crippen LogP contribution in [-0.4, -0.2) is 53.6 Å². The highest BCUT2D eigenvalue weighted by Crippen LogP contribution is 2.26. The highest BCUT2D eigenvalue weighted by molar-refractivity contribution is 9.10. The fourth-order valence-electron chi connectivity index (χ4n) is 3.63. The number of carbonyl (C=O) groups excluding carboxylic acids is 1. The average molecular weight is 470 g/mol. The van der Waals surface area contributed by atoms with Gasteiger partial charge in [-0.15, -0.1) is 0 Å². The van der Waals surface area contributed by atoms with Gasteiger partial charge < -0.3 is 15.1 Å². The molecule has 1 fully saturated rings. The quantitative estimate of drug-likeness (QED) is 0.621. The van der Waals surface area contributed by atoms with Crippen molar-refractivity contribution in [2.75, 3.05) is 43.4 Å². The molecule has 4 rings (SSSR count). The second-order valence-corrected chi connectivity index (χ2v) is 8.43. The van der Waals surface area contributed by atoms with Crippen molar-refractivity contribution in [1.29, 1.82) is 0 Å². The number of hydrogen-bond donors (Lipinski definition) is 1. The molecule has 2 aromatic carbocycles. The molecule has 1 aliphatic rings. The topological polar surface area (TPSA) is 70.5 Å². The Morgan fingerprint density at radius 3 is 2.70 bits per heavy atom. The van der Waals surface area contributed by atoms with Gasteiger partial charge >= 0.3 is 0 Å². The Hall–Kier alpha value is -2.71. The molecular weight excluding hydrogens is 446 g/mol. The van der Waals surface area contributed by atoms with Crippen LogP contribution in [0.4, 0.5) is 11.4 Å². The van der Waals surface area contributed by atoms with Gasteiger partial charge in [0.2, 0.25) is 5.91 Å². The van der Waals surface area contributed by atoms with Crippen molar-refractivity contribution in [3.8, 4) is 0 Å². The van der Waals surface area contributed by atoms with Gasteiger partial charge in [0, 0.05) is 43.6 Å². The van der Waals surface area contributed by atoms with Crippen LogP contribution in [0.25, 0.3) is 10.9 Å². The standard InChI is InChI=1S/C22H24BrN5O2/c1-26-10-12-27(13-11-26)20-5-3-2-4-19(20)25-21(29)8-9-28-15-24-18-7-6-16(23)14-17(18)22(28)30/h2-7,14-15H,8-13H2,1H3,(H,25,29). The lowest BCUT2D eigenvalue weighted by molar-refractivity contribution is -0.116. The number of anilines is 2. The Morgan fingerprint density at radius 1 is 1.13 bits per heavy atom. The van der Waals surface area contributed by atoms with Crippen LogP contribution in [-0.2, 0) is 11.3 Å². The number of likely N-dealkylation sites (N-methyl/N-ethyl adjacent to an activating group) is 1. The maximum Gasteiger partial charge on any atom is 0.261 e. The highest BCUT2D eigenvalue weighted by atomic mass is 79.9. The Bertz CT molecular complexity index is 1120. The number of carbonyl (C=O) groups is 1. The lowest BCUT2D eigenvalue weighted by atomic mass is 10.2. The number of amides is 1. The number of aryl methyl sites for hydroxylation is 1. The maximum absolute atomic E-state index is 12.7. The first-order valence-corrected chi connectivity index (χ1v) is 10.8. The molecule has 0 spiro atoms. The number of aromatic nitrogens is 2. The summed E-state index contributed by atoms with van der Waals surface area (Å²) in [6.07, 6.45) is 1.70. The number of benzene rings is 2. The van der Waals surface area contributed by atoms with Gasteiger partial charge in [0.1, 0.15) is 0 Å². The van der Waals surface area contributed by atoms with Crippen LogP contribution < -0.4 is 15.8 Å². The first kappa shape index (κ1) is 20.6. The van der Waals surface area contributed by atoms with Crippen molar-refractivity contribution in [1.82, 2.24) is 14.5 Å². The molecule has 30 heavy (non-hydrogen) atoms. The van der Waals surface area contributed by atoms with E-state index < -0.39 is 0 Å². The van der Waals surface area contributed by atoms with Gasteiger partial charge in [-0.3, -0.25) is 14.2 Å². The van der Waals surface area contributed by atoms with E-state index in [1.165, 1.54) is 10.9 Å². The smallest absolute Gasteiger partial charge is 0.261 e.